The van der Waals surface area contributed by atoms with Crippen LogP contribution in [0, 0.1) is 6.92 Å². The van der Waals surface area contributed by atoms with E-state index < -0.39 is 10.0 Å². The van der Waals surface area contributed by atoms with E-state index >= 15 is 0 Å². The van der Waals surface area contributed by atoms with Gasteiger partial charge in [0.1, 0.15) is 0 Å². The molecule has 7 heteroatoms. The summed E-state index contributed by atoms with van der Waals surface area (Å²) in [5.41, 5.74) is 7.86. The molecule has 6 nitrogen and oxygen atoms in total. The number of anilines is 1. The molecule has 1 aromatic rings. The van der Waals surface area contributed by atoms with Crippen molar-refractivity contribution in [1.82, 2.24) is 9.62 Å². The molecule has 0 aromatic heterocycles. The first-order chi connectivity index (χ1) is 9.76. The second-order valence-corrected chi connectivity index (χ2v) is 7.33. The summed E-state index contributed by atoms with van der Waals surface area (Å²) in [5.74, 6) is -0.0851. The van der Waals surface area contributed by atoms with Gasteiger partial charge in [0, 0.05) is 30.4 Å². The molecule has 0 saturated carbocycles. The molecule has 0 bridgehead atoms. The molecule has 1 heterocycles. The first-order valence-corrected chi connectivity index (χ1v) is 8.78. The molecule has 1 unspecified atom stereocenters. The Morgan fingerprint density at radius 1 is 1.43 bits per heavy atom. The number of hydrogen-bond donors (Lipinski definition) is 2. The number of carbonyl (C=O) groups excluding carboxylic acids is 1. The average Bonchev–Trinajstić information content (AvgIpc) is 2.39. The van der Waals surface area contributed by atoms with E-state index in [0.717, 1.165) is 24.7 Å². The van der Waals surface area contributed by atoms with Gasteiger partial charge < -0.3 is 10.6 Å². The first-order valence-electron chi connectivity index (χ1n) is 6.89. The van der Waals surface area contributed by atoms with E-state index in [4.69, 9.17) is 5.73 Å². The number of piperidine rings is 1. The average molecular weight is 311 g/mol. The molecule has 1 aliphatic rings. The summed E-state index contributed by atoms with van der Waals surface area (Å²) in [5, 5.41) is 0. The Morgan fingerprint density at radius 3 is 2.76 bits per heavy atom. The predicted molar refractivity (Wildman–Crippen MR) is 82.5 cm³/mol. The largest absolute Gasteiger partial charge is 0.399 e. The van der Waals surface area contributed by atoms with Crippen molar-refractivity contribution in [3.63, 3.8) is 0 Å². The normalized spacial score (nSPS) is 19.5. The fourth-order valence-electron chi connectivity index (χ4n) is 2.55. The number of likely N-dealkylation sites (tertiary alicyclic amines) is 1. The molecule has 1 aromatic carbocycles. The van der Waals surface area contributed by atoms with Crippen LogP contribution in [-0.4, -0.2) is 44.6 Å². The van der Waals surface area contributed by atoms with Gasteiger partial charge in [-0.25, -0.2) is 13.1 Å². The van der Waals surface area contributed by atoms with Crippen molar-refractivity contribution in [3.05, 3.63) is 29.3 Å². The third-order valence-corrected chi connectivity index (χ3v) is 4.37. The van der Waals surface area contributed by atoms with E-state index in [9.17, 15) is 13.2 Å². The monoisotopic (exact) mass is 311 g/mol. The third kappa shape index (κ3) is 4.18. The van der Waals surface area contributed by atoms with Crippen LogP contribution in [0.4, 0.5) is 5.69 Å². The van der Waals surface area contributed by atoms with Crippen LogP contribution in [-0.2, 0) is 10.0 Å². The van der Waals surface area contributed by atoms with Crippen molar-refractivity contribution >= 4 is 21.6 Å². The minimum absolute atomic E-state index is 0.0851. The van der Waals surface area contributed by atoms with Crippen molar-refractivity contribution < 1.29 is 13.2 Å². The molecule has 21 heavy (non-hydrogen) atoms. The molecule has 1 fully saturated rings. The zero-order valence-corrected chi connectivity index (χ0v) is 13.1. The minimum atomic E-state index is -3.25. The molecule has 116 valence electrons. The van der Waals surface area contributed by atoms with Gasteiger partial charge in [0.05, 0.1) is 6.26 Å². The summed E-state index contributed by atoms with van der Waals surface area (Å²) in [7, 11) is -3.25. The second kappa shape index (κ2) is 6.03. The van der Waals surface area contributed by atoms with Crippen molar-refractivity contribution in [3.8, 4) is 0 Å². The van der Waals surface area contributed by atoms with Crippen molar-refractivity contribution in [2.24, 2.45) is 0 Å². The summed E-state index contributed by atoms with van der Waals surface area (Å²) in [4.78, 5) is 14.2. The topological polar surface area (TPSA) is 92.5 Å². The lowest BCUT2D eigenvalue weighted by molar-refractivity contribution is 0.0703. The maximum atomic E-state index is 12.5. The van der Waals surface area contributed by atoms with Crippen molar-refractivity contribution in [2.75, 3.05) is 25.1 Å². The van der Waals surface area contributed by atoms with Gasteiger partial charge in [-0.05, 0) is 43.5 Å². The van der Waals surface area contributed by atoms with Gasteiger partial charge in [-0.1, -0.05) is 0 Å². The van der Waals surface area contributed by atoms with Crippen LogP contribution in [0.15, 0.2) is 18.2 Å². The standard InChI is InChI=1S/C14H21N3O3S/c1-10-8-11(5-6-13(10)15)14(18)17-7-3-4-12(9-17)16-21(2,19)20/h5-6,8,12,16H,3-4,7,9,15H2,1-2H3. The highest BCUT2D eigenvalue weighted by Crippen LogP contribution is 2.17. The van der Waals surface area contributed by atoms with E-state index in [-0.39, 0.29) is 11.9 Å². The molecule has 0 spiro atoms. The number of amides is 1. The summed E-state index contributed by atoms with van der Waals surface area (Å²) < 4.78 is 25.2. The molecular formula is C14H21N3O3S. The van der Waals surface area contributed by atoms with Crippen LogP contribution in [0.2, 0.25) is 0 Å². The Labute approximate surface area is 125 Å². The van der Waals surface area contributed by atoms with Crippen LogP contribution in [0.3, 0.4) is 0 Å². The summed E-state index contributed by atoms with van der Waals surface area (Å²) in [6.07, 6.45) is 2.67. The smallest absolute Gasteiger partial charge is 0.253 e. The Hall–Kier alpha value is -1.60. The van der Waals surface area contributed by atoms with Crippen LogP contribution in [0.5, 0.6) is 0 Å². The number of benzene rings is 1. The number of rotatable bonds is 3. The fraction of sp³-hybridized carbons (Fsp3) is 0.500. The maximum Gasteiger partial charge on any atom is 0.253 e. The number of sulfonamides is 1. The minimum Gasteiger partial charge on any atom is -0.399 e. The Morgan fingerprint density at radius 2 is 2.14 bits per heavy atom. The number of nitrogens with two attached hydrogens (primary N) is 1. The summed E-state index contributed by atoms with van der Waals surface area (Å²) in [6.45, 7) is 2.90. The molecular weight excluding hydrogens is 290 g/mol. The van der Waals surface area contributed by atoms with Crippen LogP contribution in [0.1, 0.15) is 28.8 Å². The number of aryl methyl sites for hydroxylation is 1. The summed E-state index contributed by atoms with van der Waals surface area (Å²) >= 11 is 0. The lowest BCUT2D eigenvalue weighted by Gasteiger charge is -2.32. The number of nitrogen functional groups attached to an aromatic ring is 1. The lowest BCUT2D eigenvalue weighted by Crippen LogP contribution is -2.49. The van der Waals surface area contributed by atoms with E-state index in [1.165, 1.54) is 0 Å². The van der Waals surface area contributed by atoms with Gasteiger partial charge in [-0.3, -0.25) is 4.79 Å². The number of hydrogen-bond acceptors (Lipinski definition) is 4. The lowest BCUT2D eigenvalue weighted by atomic mass is 10.0. The molecule has 1 saturated heterocycles. The highest BCUT2D eigenvalue weighted by Gasteiger charge is 2.26. The van der Waals surface area contributed by atoms with E-state index in [0.29, 0.717) is 24.3 Å². The van der Waals surface area contributed by atoms with Crippen molar-refractivity contribution in [2.45, 2.75) is 25.8 Å². The van der Waals surface area contributed by atoms with Crippen LogP contribution >= 0.6 is 0 Å². The molecule has 1 amide bonds. The SMILES string of the molecule is Cc1cc(C(=O)N2CCCC(NS(C)(=O)=O)C2)ccc1N. The quantitative estimate of drug-likeness (QED) is 0.805. The number of nitrogens with one attached hydrogen (secondary N) is 1. The van der Waals surface area contributed by atoms with Crippen LogP contribution < -0.4 is 10.5 Å². The highest BCUT2D eigenvalue weighted by molar-refractivity contribution is 7.88. The summed E-state index contributed by atoms with van der Waals surface area (Å²) in [6, 6.07) is 4.98. The van der Waals surface area contributed by atoms with Gasteiger partial charge in [0.2, 0.25) is 10.0 Å². The van der Waals surface area contributed by atoms with Gasteiger partial charge >= 0.3 is 0 Å². The molecule has 2 rings (SSSR count). The maximum absolute atomic E-state index is 12.5. The zero-order chi connectivity index (χ0) is 15.6. The Bertz CT molecular complexity index is 643. The van der Waals surface area contributed by atoms with E-state index in [1.54, 1.807) is 23.1 Å². The predicted octanol–water partition coefficient (Wildman–Crippen LogP) is 0.731. The zero-order valence-electron chi connectivity index (χ0n) is 12.3. The van der Waals surface area contributed by atoms with Crippen LogP contribution in [0.25, 0.3) is 0 Å². The molecule has 3 N–H and O–H groups in total. The molecule has 1 aliphatic heterocycles. The Balaban J connectivity index is 2.10. The second-order valence-electron chi connectivity index (χ2n) is 5.55. The highest BCUT2D eigenvalue weighted by atomic mass is 32.2. The number of nitrogens with zero attached hydrogens (tertiary/aromatic N) is 1. The van der Waals surface area contributed by atoms with Gasteiger partial charge in [-0.15, -0.1) is 0 Å². The van der Waals surface area contributed by atoms with Gasteiger partial charge in [0.15, 0.2) is 0 Å². The van der Waals surface area contributed by atoms with E-state index in [2.05, 4.69) is 4.72 Å². The number of carbonyl (C=O) groups is 1. The van der Waals surface area contributed by atoms with Crippen molar-refractivity contribution in [1.29, 1.82) is 0 Å². The molecule has 1 atom stereocenters. The first kappa shape index (κ1) is 15.8. The third-order valence-electron chi connectivity index (χ3n) is 3.61. The van der Waals surface area contributed by atoms with E-state index in [1.807, 2.05) is 6.92 Å². The van der Waals surface area contributed by atoms with Gasteiger partial charge in [-0.2, -0.15) is 0 Å². The van der Waals surface area contributed by atoms with Gasteiger partial charge in [0.25, 0.3) is 5.91 Å². The molecule has 0 radical (unpaired) electrons. The molecule has 0 aliphatic carbocycles. The Kier molecular flexibility index (Phi) is 4.53. The fourth-order valence-corrected chi connectivity index (χ4v) is 3.35.